The minimum atomic E-state index is -3.58. The number of aryl methyl sites for hydroxylation is 1. The number of hydrogen-bond acceptors (Lipinski definition) is 6. The number of thiazole rings is 1. The van der Waals surface area contributed by atoms with Crippen LogP contribution in [-0.2, 0) is 23.0 Å². The van der Waals surface area contributed by atoms with Crippen molar-refractivity contribution < 1.29 is 17.6 Å². The van der Waals surface area contributed by atoms with Crippen molar-refractivity contribution in [3.05, 3.63) is 77.7 Å². The number of carbonyl (C=O) groups excluding carboxylic acids is 1. The summed E-state index contributed by atoms with van der Waals surface area (Å²) in [5.74, 6) is 0.372. The first-order valence-electron chi connectivity index (χ1n) is 12.3. The van der Waals surface area contributed by atoms with Gasteiger partial charge in [-0.2, -0.15) is 4.31 Å². The second kappa shape index (κ2) is 10.5. The molecule has 0 bridgehead atoms. The average molecular weight is 524 g/mol. The fourth-order valence-corrected chi connectivity index (χ4v) is 6.98. The van der Waals surface area contributed by atoms with E-state index in [1.807, 2.05) is 18.2 Å². The summed E-state index contributed by atoms with van der Waals surface area (Å²) in [7, 11) is -3.58. The molecule has 0 radical (unpaired) electrons. The van der Waals surface area contributed by atoms with Crippen molar-refractivity contribution in [1.29, 1.82) is 0 Å². The predicted octanol–water partition coefficient (Wildman–Crippen LogP) is 5.86. The molecular weight excluding hydrogens is 494 g/mol. The first kappa shape index (κ1) is 24.7. The molecule has 1 saturated heterocycles. The van der Waals surface area contributed by atoms with E-state index in [-0.39, 0.29) is 17.3 Å². The fourth-order valence-electron chi connectivity index (χ4n) is 4.43. The highest BCUT2D eigenvalue weighted by Crippen LogP contribution is 2.32. The Hall–Kier alpha value is -3.01. The third-order valence-corrected chi connectivity index (χ3v) is 9.48. The van der Waals surface area contributed by atoms with E-state index in [1.165, 1.54) is 29.0 Å². The van der Waals surface area contributed by atoms with Crippen molar-refractivity contribution in [3.8, 4) is 0 Å². The topological polar surface area (TPSA) is 83.7 Å². The highest BCUT2D eigenvalue weighted by molar-refractivity contribution is 7.89. The average Bonchev–Trinajstić information content (AvgIpc) is 3.48. The van der Waals surface area contributed by atoms with Gasteiger partial charge in [0.2, 0.25) is 10.0 Å². The van der Waals surface area contributed by atoms with E-state index >= 15 is 0 Å². The maximum Gasteiger partial charge on any atom is 0.260 e. The van der Waals surface area contributed by atoms with Crippen LogP contribution in [0.3, 0.4) is 0 Å². The molecule has 0 unspecified atom stereocenters. The predicted molar refractivity (Wildman–Crippen MR) is 142 cm³/mol. The Balaban J connectivity index is 1.45. The van der Waals surface area contributed by atoms with E-state index < -0.39 is 10.0 Å². The molecule has 9 heteroatoms. The molecule has 7 nitrogen and oxygen atoms in total. The summed E-state index contributed by atoms with van der Waals surface area (Å²) in [4.78, 5) is 20.2. The molecule has 0 N–H and O–H groups in total. The van der Waals surface area contributed by atoms with Gasteiger partial charge in [-0.25, -0.2) is 13.4 Å². The molecule has 1 amide bonds. The van der Waals surface area contributed by atoms with Crippen LogP contribution in [0.4, 0.5) is 5.13 Å². The van der Waals surface area contributed by atoms with Crippen LogP contribution in [0.5, 0.6) is 0 Å². The highest BCUT2D eigenvalue weighted by Gasteiger charge is 2.27. The molecule has 188 valence electrons. The Labute approximate surface area is 215 Å². The molecule has 0 atom stereocenters. The van der Waals surface area contributed by atoms with Gasteiger partial charge in [0.25, 0.3) is 5.91 Å². The van der Waals surface area contributed by atoms with Crippen molar-refractivity contribution >= 4 is 42.6 Å². The molecule has 0 spiro atoms. The van der Waals surface area contributed by atoms with Gasteiger partial charge in [-0.05, 0) is 73.4 Å². The second-order valence-corrected chi connectivity index (χ2v) is 11.9. The number of carbonyl (C=O) groups is 1. The van der Waals surface area contributed by atoms with Crippen molar-refractivity contribution in [2.24, 2.45) is 0 Å². The SMILES string of the molecule is CCc1ccc2nc(N(Cc3ccco3)C(=O)c3ccc(S(=O)(=O)N4CCCCCC4)cc3)sc2c1. The minimum absolute atomic E-state index is 0.214. The number of furan rings is 1. The molecule has 1 aliphatic heterocycles. The first-order chi connectivity index (χ1) is 17.5. The Bertz CT molecular complexity index is 1440. The minimum Gasteiger partial charge on any atom is -0.467 e. The van der Waals surface area contributed by atoms with Crippen LogP contribution in [-0.4, -0.2) is 36.7 Å². The Morgan fingerprint density at radius 3 is 2.47 bits per heavy atom. The summed E-state index contributed by atoms with van der Waals surface area (Å²) < 4.78 is 34.4. The zero-order chi connectivity index (χ0) is 25.1. The summed E-state index contributed by atoms with van der Waals surface area (Å²) >= 11 is 1.46. The third kappa shape index (κ3) is 5.09. The van der Waals surface area contributed by atoms with E-state index in [0.29, 0.717) is 29.5 Å². The fraction of sp³-hybridized carbons (Fsp3) is 0.333. The van der Waals surface area contributed by atoms with Crippen LogP contribution in [0.2, 0.25) is 0 Å². The summed E-state index contributed by atoms with van der Waals surface area (Å²) in [6, 6.07) is 16.0. The zero-order valence-electron chi connectivity index (χ0n) is 20.2. The number of benzene rings is 2. The van der Waals surface area contributed by atoms with Crippen molar-refractivity contribution in [1.82, 2.24) is 9.29 Å². The van der Waals surface area contributed by atoms with E-state index in [1.54, 1.807) is 33.7 Å². The molecule has 5 rings (SSSR count). The number of sulfonamides is 1. The van der Waals surface area contributed by atoms with Gasteiger partial charge in [-0.1, -0.05) is 37.2 Å². The van der Waals surface area contributed by atoms with Crippen LogP contribution in [0.15, 0.2) is 70.2 Å². The quantitative estimate of drug-likeness (QED) is 0.303. The van der Waals surface area contributed by atoms with Gasteiger partial charge in [0.1, 0.15) is 5.76 Å². The summed E-state index contributed by atoms with van der Waals surface area (Å²) in [5, 5.41) is 0.570. The molecule has 4 aromatic rings. The molecule has 2 aromatic carbocycles. The van der Waals surface area contributed by atoms with Crippen molar-refractivity contribution in [3.63, 3.8) is 0 Å². The van der Waals surface area contributed by atoms with E-state index in [4.69, 9.17) is 9.40 Å². The van der Waals surface area contributed by atoms with Gasteiger partial charge in [0, 0.05) is 18.7 Å². The lowest BCUT2D eigenvalue weighted by Crippen LogP contribution is -2.32. The number of amides is 1. The maximum absolute atomic E-state index is 13.7. The third-order valence-electron chi connectivity index (χ3n) is 6.52. The number of fused-ring (bicyclic) bond motifs is 1. The van der Waals surface area contributed by atoms with Crippen molar-refractivity contribution in [2.45, 2.75) is 50.5 Å². The normalized spacial score (nSPS) is 15.1. The molecule has 1 aliphatic rings. The zero-order valence-corrected chi connectivity index (χ0v) is 21.9. The number of anilines is 1. The van der Waals surface area contributed by atoms with Crippen LogP contribution in [0.25, 0.3) is 10.2 Å². The maximum atomic E-state index is 13.7. The lowest BCUT2D eigenvalue weighted by molar-refractivity contribution is 0.0983. The van der Waals surface area contributed by atoms with Gasteiger partial charge in [0.05, 0.1) is 27.9 Å². The second-order valence-electron chi connectivity index (χ2n) is 8.97. The molecule has 0 saturated carbocycles. The molecule has 0 aliphatic carbocycles. The molecule has 2 aromatic heterocycles. The number of rotatable bonds is 7. The Morgan fingerprint density at radius 1 is 1.06 bits per heavy atom. The smallest absolute Gasteiger partial charge is 0.260 e. The van der Waals surface area contributed by atoms with E-state index in [0.717, 1.165) is 42.3 Å². The van der Waals surface area contributed by atoms with Crippen LogP contribution in [0, 0.1) is 0 Å². The lowest BCUT2D eigenvalue weighted by atomic mass is 10.2. The highest BCUT2D eigenvalue weighted by atomic mass is 32.2. The van der Waals surface area contributed by atoms with Crippen LogP contribution >= 0.6 is 11.3 Å². The van der Waals surface area contributed by atoms with Crippen LogP contribution < -0.4 is 4.90 Å². The number of aromatic nitrogens is 1. The van der Waals surface area contributed by atoms with Gasteiger partial charge in [-0.15, -0.1) is 0 Å². The van der Waals surface area contributed by atoms with Crippen molar-refractivity contribution in [2.75, 3.05) is 18.0 Å². The summed E-state index contributed by atoms with van der Waals surface area (Å²) in [6.45, 7) is 3.40. The van der Waals surface area contributed by atoms with Gasteiger partial charge in [0.15, 0.2) is 5.13 Å². The van der Waals surface area contributed by atoms with Crippen LogP contribution in [0.1, 0.15) is 54.3 Å². The van der Waals surface area contributed by atoms with E-state index in [2.05, 4.69) is 13.0 Å². The lowest BCUT2D eigenvalue weighted by Gasteiger charge is -2.21. The first-order valence-corrected chi connectivity index (χ1v) is 14.6. The monoisotopic (exact) mass is 523 g/mol. The largest absolute Gasteiger partial charge is 0.467 e. The Kier molecular flexibility index (Phi) is 7.22. The molecule has 3 heterocycles. The summed E-state index contributed by atoms with van der Waals surface area (Å²) in [5.41, 5.74) is 2.44. The number of nitrogens with zero attached hydrogens (tertiary/aromatic N) is 3. The standard InChI is InChI=1S/C27H29N3O4S2/c1-2-20-9-14-24-25(18-20)35-27(28-24)30(19-22-8-7-17-34-22)26(31)21-10-12-23(13-11-21)36(32,33)29-15-5-3-4-6-16-29/h7-14,17-18H,2-6,15-16,19H2,1H3. The van der Waals surface area contributed by atoms with Gasteiger partial charge >= 0.3 is 0 Å². The van der Waals surface area contributed by atoms with Gasteiger partial charge in [-0.3, -0.25) is 9.69 Å². The number of hydrogen-bond donors (Lipinski definition) is 0. The molecular formula is C27H29N3O4S2. The summed E-state index contributed by atoms with van der Waals surface area (Å²) in [6.07, 6.45) is 6.35. The van der Waals surface area contributed by atoms with Gasteiger partial charge < -0.3 is 4.42 Å². The van der Waals surface area contributed by atoms with E-state index in [9.17, 15) is 13.2 Å². The molecule has 1 fully saturated rings. The molecule has 36 heavy (non-hydrogen) atoms. The Morgan fingerprint density at radius 2 is 1.81 bits per heavy atom.